The van der Waals surface area contributed by atoms with E-state index in [-0.39, 0.29) is 0 Å². The normalized spacial score (nSPS) is 10.8. The lowest BCUT2D eigenvalue weighted by atomic mass is 10.0. The minimum atomic E-state index is 0.324. The van der Waals surface area contributed by atoms with Gasteiger partial charge in [0.15, 0.2) is 0 Å². The van der Waals surface area contributed by atoms with Gasteiger partial charge in [0.2, 0.25) is 0 Å². The smallest absolute Gasteiger partial charge is 0.130 e. The van der Waals surface area contributed by atoms with Crippen LogP contribution in [0.1, 0.15) is 16.7 Å². The molecule has 0 atom stereocenters. The van der Waals surface area contributed by atoms with Crippen LogP contribution in [0.4, 0.5) is 0 Å². The number of aromatic nitrogens is 1. The SMILES string of the molecule is ONC(=S)c1ccc2c(c1)c(Cc1ccccc1)cn2-c1ccccc1. The summed E-state index contributed by atoms with van der Waals surface area (Å²) in [5, 5.41) is 10.3. The first-order chi connectivity index (χ1) is 12.8. The minimum Gasteiger partial charge on any atom is -0.316 e. The van der Waals surface area contributed by atoms with E-state index in [1.54, 1.807) is 0 Å². The summed E-state index contributed by atoms with van der Waals surface area (Å²) in [6.07, 6.45) is 3.02. The van der Waals surface area contributed by atoms with Crippen LogP contribution >= 0.6 is 12.2 Å². The second kappa shape index (κ2) is 7.12. The first-order valence-electron chi connectivity index (χ1n) is 8.44. The molecule has 3 aromatic carbocycles. The van der Waals surface area contributed by atoms with E-state index in [2.05, 4.69) is 58.7 Å². The van der Waals surface area contributed by atoms with E-state index < -0.39 is 0 Å². The number of benzene rings is 3. The fourth-order valence-corrected chi connectivity index (χ4v) is 3.39. The lowest BCUT2D eigenvalue weighted by Crippen LogP contribution is -2.17. The second-order valence-electron chi connectivity index (χ2n) is 6.20. The molecule has 0 unspecified atom stereocenters. The number of nitrogens with zero attached hydrogens (tertiary/aromatic N) is 1. The van der Waals surface area contributed by atoms with Crippen LogP contribution in [0.3, 0.4) is 0 Å². The molecule has 4 heteroatoms. The predicted octanol–water partition coefficient (Wildman–Crippen LogP) is 4.88. The molecular weight excluding hydrogens is 340 g/mol. The molecule has 0 aliphatic carbocycles. The third-order valence-electron chi connectivity index (χ3n) is 4.52. The molecule has 4 rings (SSSR count). The van der Waals surface area contributed by atoms with Crippen molar-refractivity contribution in [2.75, 3.05) is 0 Å². The molecule has 1 heterocycles. The van der Waals surface area contributed by atoms with Gasteiger partial charge in [-0.05, 0) is 47.9 Å². The summed E-state index contributed by atoms with van der Waals surface area (Å²) in [6.45, 7) is 0. The van der Waals surface area contributed by atoms with Crippen molar-refractivity contribution in [3.05, 3.63) is 102 Å². The molecule has 0 saturated heterocycles. The largest absolute Gasteiger partial charge is 0.316 e. The van der Waals surface area contributed by atoms with Crippen molar-refractivity contribution < 1.29 is 5.21 Å². The van der Waals surface area contributed by atoms with Crippen LogP contribution < -0.4 is 5.48 Å². The highest BCUT2D eigenvalue weighted by Gasteiger charge is 2.12. The molecule has 26 heavy (non-hydrogen) atoms. The maximum absolute atomic E-state index is 9.15. The van der Waals surface area contributed by atoms with Gasteiger partial charge in [-0.3, -0.25) is 10.7 Å². The van der Waals surface area contributed by atoms with Gasteiger partial charge in [0.25, 0.3) is 0 Å². The van der Waals surface area contributed by atoms with Crippen molar-refractivity contribution in [3.63, 3.8) is 0 Å². The Labute approximate surface area is 157 Å². The number of rotatable bonds is 4. The summed E-state index contributed by atoms with van der Waals surface area (Å²) in [5.41, 5.74) is 7.59. The average Bonchev–Trinajstić information content (AvgIpc) is 3.06. The lowest BCUT2D eigenvalue weighted by molar-refractivity contribution is 0.238. The standard InChI is InChI=1S/C22H18N2OS/c25-23-22(26)17-11-12-21-20(14-17)18(13-16-7-3-1-4-8-16)15-24(21)19-9-5-2-6-10-19/h1-12,14-15,25H,13H2,(H,23,26). The van der Waals surface area contributed by atoms with Gasteiger partial charge in [0.05, 0.1) is 5.52 Å². The highest BCUT2D eigenvalue weighted by molar-refractivity contribution is 7.80. The van der Waals surface area contributed by atoms with Crippen LogP contribution in [0, 0.1) is 0 Å². The zero-order valence-electron chi connectivity index (χ0n) is 14.1. The van der Waals surface area contributed by atoms with Crippen LogP contribution in [0.25, 0.3) is 16.6 Å². The first-order valence-corrected chi connectivity index (χ1v) is 8.85. The van der Waals surface area contributed by atoms with Gasteiger partial charge in [-0.1, -0.05) is 60.7 Å². The number of hydrogen-bond acceptors (Lipinski definition) is 2. The van der Waals surface area contributed by atoms with Crippen LogP contribution in [0.15, 0.2) is 85.1 Å². The topological polar surface area (TPSA) is 37.2 Å². The molecule has 0 radical (unpaired) electrons. The van der Waals surface area contributed by atoms with E-state index in [4.69, 9.17) is 17.4 Å². The monoisotopic (exact) mass is 358 g/mol. The summed E-state index contributed by atoms with van der Waals surface area (Å²) in [5.74, 6) is 0. The number of hydrogen-bond donors (Lipinski definition) is 2. The Bertz CT molecular complexity index is 1060. The molecule has 3 nitrogen and oxygen atoms in total. The molecule has 0 aliphatic rings. The van der Waals surface area contributed by atoms with Crippen LogP contribution in [-0.4, -0.2) is 14.8 Å². The van der Waals surface area contributed by atoms with E-state index >= 15 is 0 Å². The molecule has 2 N–H and O–H groups in total. The fraction of sp³-hybridized carbons (Fsp3) is 0.0455. The Kier molecular flexibility index (Phi) is 4.52. The van der Waals surface area contributed by atoms with E-state index in [1.807, 2.05) is 36.4 Å². The highest BCUT2D eigenvalue weighted by Crippen LogP contribution is 2.28. The summed E-state index contributed by atoms with van der Waals surface area (Å²) in [4.78, 5) is 0.324. The predicted molar refractivity (Wildman–Crippen MR) is 109 cm³/mol. The number of thiocarbonyl (C=S) groups is 1. The molecular formula is C22H18N2OS. The maximum atomic E-state index is 9.15. The molecule has 0 fully saturated rings. The van der Waals surface area contributed by atoms with Crippen LogP contribution in [-0.2, 0) is 6.42 Å². The zero-order chi connectivity index (χ0) is 17.9. The lowest BCUT2D eigenvalue weighted by Gasteiger charge is -2.06. The molecule has 4 aromatic rings. The van der Waals surface area contributed by atoms with Gasteiger partial charge >= 0.3 is 0 Å². The Hall–Kier alpha value is -2.95. The number of hydroxylamine groups is 1. The van der Waals surface area contributed by atoms with Gasteiger partial charge in [0, 0.05) is 22.8 Å². The molecule has 0 aliphatic heterocycles. The van der Waals surface area contributed by atoms with Crippen LogP contribution in [0.2, 0.25) is 0 Å². The van der Waals surface area contributed by atoms with Crippen LogP contribution in [0.5, 0.6) is 0 Å². The molecule has 0 spiro atoms. The van der Waals surface area contributed by atoms with Gasteiger partial charge in [0.1, 0.15) is 4.99 Å². The molecule has 0 saturated carbocycles. The molecule has 1 aromatic heterocycles. The van der Waals surface area contributed by atoms with Gasteiger partial charge in [-0.25, -0.2) is 0 Å². The summed E-state index contributed by atoms with van der Waals surface area (Å²) in [6, 6.07) is 26.7. The van der Waals surface area contributed by atoms with E-state index in [1.165, 1.54) is 11.1 Å². The van der Waals surface area contributed by atoms with Gasteiger partial charge in [-0.15, -0.1) is 0 Å². The van der Waals surface area contributed by atoms with Gasteiger partial charge in [-0.2, -0.15) is 0 Å². The first kappa shape index (κ1) is 16.5. The fourth-order valence-electron chi connectivity index (χ4n) is 3.26. The molecule has 128 valence electrons. The Morgan fingerprint density at radius 2 is 1.62 bits per heavy atom. The number of nitrogens with one attached hydrogen (secondary N) is 1. The van der Waals surface area contributed by atoms with Crippen molar-refractivity contribution in [2.24, 2.45) is 0 Å². The summed E-state index contributed by atoms with van der Waals surface area (Å²) >= 11 is 5.19. The average molecular weight is 358 g/mol. The molecule has 0 amide bonds. The highest BCUT2D eigenvalue weighted by atomic mass is 32.1. The quantitative estimate of drug-likeness (QED) is 0.403. The Balaban J connectivity index is 1.89. The second-order valence-corrected chi connectivity index (χ2v) is 6.60. The summed E-state index contributed by atoms with van der Waals surface area (Å²) in [7, 11) is 0. The van der Waals surface area contributed by atoms with Crippen molar-refractivity contribution in [2.45, 2.75) is 6.42 Å². The minimum absolute atomic E-state index is 0.324. The van der Waals surface area contributed by atoms with Crippen molar-refractivity contribution in [1.82, 2.24) is 10.0 Å². The van der Waals surface area contributed by atoms with Crippen molar-refractivity contribution >= 4 is 28.1 Å². The number of fused-ring (bicyclic) bond motifs is 1. The van der Waals surface area contributed by atoms with E-state index in [9.17, 15) is 0 Å². The number of para-hydroxylation sites is 1. The Morgan fingerprint density at radius 3 is 2.31 bits per heavy atom. The Morgan fingerprint density at radius 1 is 0.923 bits per heavy atom. The zero-order valence-corrected chi connectivity index (χ0v) is 14.9. The maximum Gasteiger partial charge on any atom is 0.130 e. The van der Waals surface area contributed by atoms with E-state index in [0.29, 0.717) is 4.99 Å². The van der Waals surface area contributed by atoms with Crippen molar-refractivity contribution in [1.29, 1.82) is 0 Å². The third-order valence-corrected chi connectivity index (χ3v) is 4.85. The molecule has 0 bridgehead atoms. The third kappa shape index (κ3) is 3.12. The van der Waals surface area contributed by atoms with Gasteiger partial charge < -0.3 is 4.57 Å². The summed E-state index contributed by atoms with van der Waals surface area (Å²) < 4.78 is 2.20. The van der Waals surface area contributed by atoms with E-state index in [0.717, 1.165) is 28.6 Å². The van der Waals surface area contributed by atoms with Crippen molar-refractivity contribution in [3.8, 4) is 5.69 Å².